The molecule has 0 radical (unpaired) electrons. The smallest absolute Gasteiger partial charge is 0.243 e. The maximum Gasteiger partial charge on any atom is 0.243 e. The lowest BCUT2D eigenvalue weighted by Crippen LogP contribution is -2.58. The molecule has 4 aromatic carbocycles. The number of para-hydroxylation sites is 2. The van der Waals surface area contributed by atoms with Crippen LogP contribution in [-0.2, 0) is 54.5 Å². The molecular formula is C62H85Cl2N7O8. The molecule has 0 saturated heterocycles. The van der Waals surface area contributed by atoms with Crippen molar-refractivity contribution in [3.8, 4) is 11.5 Å². The van der Waals surface area contributed by atoms with Crippen LogP contribution < -0.4 is 46.7 Å². The van der Waals surface area contributed by atoms with Crippen molar-refractivity contribution in [3.05, 3.63) is 129 Å². The zero-order valence-corrected chi connectivity index (χ0v) is 48.8. The van der Waals surface area contributed by atoms with Gasteiger partial charge in [-0.15, -0.1) is 0 Å². The van der Waals surface area contributed by atoms with E-state index in [1.807, 2.05) is 146 Å². The second-order valence-electron chi connectivity index (χ2n) is 21.6. The summed E-state index contributed by atoms with van der Waals surface area (Å²) in [7, 11) is 0. The molecule has 2 aliphatic heterocycles. The van der Waals surface area contributed by atoms with Crippen molar-refractivity contribution in [2.45, 2.75) is 149 Å². The standard InChI is InChI=1S/C32H45ClN4O4.C30H40ClN3O4/c1-21(2)29-32(40)36-27(20-35-22(3)4)31(39)34-17-7-10-24-9-5-6-12-28(24)41-18-8-11-25(30(38)37-29)19-23-13-15-26(33)16-14-23;1-4-25-29(36)32-17-7-10-22-9-5-6-12-26(22)38-18-8-11-23(19-21-13-15-24(31)16-14-21)28(35)34-27(20(2)3)30(37)33-25/h5-6,9,12-16,21-22,25,27,29,35H,7-8,10-11,17-20H2,1-4H3,(H,34,39)(H,36,40)(H,37,38);5-6,9,12-16,20,23,25,27H,4,7-8,10-11,17-19H2,1-3H3,(H,32,36)(H,33,37)(H,34,35)/t25-,27+,29-;23-,25+,27-/m11/s1. The first-order valence-electron chi connectivity index (χ1n) is 28.3. The van der Waals surface area contributed by atoms with Crippen molar-refractivity contribution >= 4 is 58.6 Å². The number of hydrogen-bond acceptors (Lipinski definition) is 9. The number of aryl methyl sites for hydroxylation is 2. The zero-order valence-electron chi connectivity index (χ0n) is 47.3. The summed E-state index contributed by atoms with van der Waals surface area (Å²) in [6, 6.07) is 28.0. The first kappa shape index (κ1) is 63.7. The molecule has 6 atom stereocenters. The molecule has 0 saturated carbocycles. The Morgan fingerprint density at radius 2 is 0.911 bits per heavy atom. The first-order chi connectivity index (χ1) is 37.9. The highest BCUT2D eigenvalue weighted by Crippen LogP contribution is 2.25. The maximum atomic E-state index is 13.6. The molecule has 0 aliphatic carbocycles. The SMILES string of the molecule is CC(C)NC[C@@H]1NC(=O)[C@@H](C(C)C)NC(=O)[C@@H](Cc2ccc(Cl)cc2)CCCOc2ccccc2CCCNC1=O.CC[C@@H]1NC(=O)[C@@H](C(C)C)NC(=O)[C@@H](Cc2ccc(Cl)cc2)CCCOc2ccccc2CCCNC1=O. The van der Waals surface area contributed by atoms with E-state index < -0.39 is 24.2 Å². The largest absolute Gasteiger partial charge is 0.493 e. The molecule has 6 amide bonds. The van der Waals surface area contributed by atoms with Crippen LogP contribution in [0.3, 0.4) is 0 Å². The third kappa shape index (κ3) is 21.8. The minimum Gasteiger partial charge on any atom is -0.493 e. The van der Waals surface area contributed by atoms with E-state index in [0.29, 0.717) is 81.3 Å². The summed E-state index contributed by atoms with van der Waals surface area (Å²) in [5.41, 5.74) is 4.14. The van der Waals surface area contributed by atoms with Gasteiger partial charge < -0.3 is 46.7 Å². The summed E-state index contributed by atoms with van der Waals surface area (Å²) in [5, 5.41) is 22.2. The number of benzene rings is 4. The van der Waals surface area contributed by atoms with Crippen molar-refractivity contribution in [1.82, 2.24) is 37.2 Å². The van der Waals surface area contributed by atoms with Gasteiger partial charge in [0.2, 0.25) is 35.4 Å². The van der Waals surface area contributed by atoms with Crippen molar-refractivity contribution in [3.63, 3.8) is 0 Å². The van der Waals surface area contributed by atoms with Gasteiger partial charge in [-0.1, -0.05) is 132 Å². The highest BCUT2D eigenvalue weighted by molar-refractivity contribution is 6.30. The second-order valence-corrected chi connectivity index (χ2v) is 22.5. The molecule has 4 aromatic rings. The van der Waals surface area contributed by atoms with Crippen LogP contribution in [0.2, 0.25) is 10.0 Å². The summed E-state index contributed by atoms with van der Waals surface area (Å²) in [6.07, 6.45) is 7.03. The minimum atomic E-state index is -0.786. The van der Waals surface area contributed by atoms with Crippen molar-refractivity contribution in [2.75, 3.05) is 32.8 Å². The first-order valence-corrected chi connectivity index (χ1v) is 29.1. The van der Waals surface area contributed by atoms with Gasteiger partial charge in [-0.3, -0.25) is 28.8 Å². The quantitative estimate of drug-likeness (QED) is 0.0812. The van der Waals surface area contributed by atoms with Crippen LogP contribution in [0.25, 0.3) is 0 Å². The Morgan fingerprint density at radius 3 is 1.32 bits per heavy atom. The Bertz CT molecular complexity index is 2560. The van der Waals surface area contributed by atoms with Crippen molar-refractivity contribution < 1.29 is 38.2 Å². The molecule has 0 bridgehead atoms. The van der Waals surface area contributed by atoms with E-state index in [9.17, 15) is 28.8 Å². The minimum absolute atomic E-state index is 0.137. The predicted octanol–water partition coefficient (Wildman–Crippen LogP) is 8.50. The van der Waals surface area contributed by atoms with Gasteiger partial charge in [0, 0.05) is 47.6 Å². The van der Waals surface area contributed by atoms with Crippen LogP contribution in [0.1, 0.15) is 116 Å². The van der Waals surface area contributed by atoms with E-state index in [0.717, 1.165) is 59.4 Å². The fourth-order valence-corrected chi connectivity index (χ4v) is 9.72. The lowest BCUT2D eigenvalue weighted by Gasteiger charge is -2.28. The molecule has 7 N–H and O–H groups in total. The highest BCUT2D eigenvalue weighted by Gasteiger charge is 2.33. The summed E-state index contributed by atoms with van der Waals surface area (Å²) < 4.78 is 12.3. The van der Waals surface area contributed by atoms with Crippen LogP contribution in [-0.4, -0.2) is 98.5 Å². The van der Waals surface area contributed by atoms with Crippen LogP contribution in [0.5, 0.6) is 11.5 Å². The van der Waals surface area contributed by atoms with Gasteiger partial charge >= 0.3 is 0 Å². The topological polar surface area (TPSA) is 205 Å². The average molecular weight is 1130 g/mol. The zero-order chi connectivity index (χ0) is 57.3. The van der Waals surface area contributed by atoms with Gasteiger partial charge in [0.25, 0.3) is 0 Å². The Hall–Kier alpha value is -6.16. The molecule has 17 heteroatoms. The fraction of sp³-hybridized carbons (Fsp3) is 0.516. The molecule has 79 heavy (non-hydrogen) atoms. The summed E-state index contributed by atoms with van der Waals surface area (Å²) in [5.74, 6) is -0.984. The predicted molar refractivity (Wildman–Crippen MR) is 313 cm³/mol. The molecule has 6 rings (SSSR count). The molecule has 2 aliphatic rings. The van der Waals surface area contributed by atoms with Crippen molar-refractivity contribution in [2.24, 2.45) is 23.7 Å². The fourth-order valence-electron chi connectivity index (χ4n) is 9.47. The van der Waals surface area contributed by atoms with E-state index in [-0.39, 0.29) is 71.7 Å². The molecule has 0 fully saturated rings. The molecular weight excluding hydrogens is 1040 g/mol. The second kappa shape index (κ2) is 33.4. The highest BCUT2D eigenvalue weighted by atomic mass is 35.5. The van der Waals surface area contributed by atoms with Gasteiger partial charge in [0.1, 0.15) is 35.7 Å². The molecule has 0 unspecified atom stereocenters. The van der Waals surface area contributed by atoms with Gasteiger partial charge in [-0.25, -0.2) is 0 Å². The Labute approximate surface area is 478 Å². The van der Waals surface area contributed by atoms with Crippen LogP contribution >= 0.6 is 23.2 Å². The average Bonchev–Trinajstić information content (AvgIpc) is 3.42. The number of rotatable bonds is 10. The lowest BCUT2D eigenvalue weighted by molar-refractivity contribution is -0.134. The van der Waals surface area contributed by atoms with E-state index in [1.165, 1.54) is 0 Å². The third-order valence-electron chi connectivity index (χ3n) is 14.1. The van der Waals surface area contributed by atoms with Crippen LogP contribution in [0, 0.1) is 23.7 Å². The summed E-state index contributed by atoms with van der Waals surface area (Å²) in [4.78, 5) is 79.8. The third-order valence-corrected chi connectivity index (χ3v) is 14.6. The Kier molecular flexibility index (Phi) is 26.9. The normalized spacial score (nSPS) is 21.9. The number of ether oxygens (including phenoxy) is 2. The number of halogens is 2. The van der Waals surface area contributed by atoms with E-state index in [1.54, 1.807) is 0 Å². The Balaban J connectivity index is 0.000000291. The number of fused-ring (bicyclic) bond motifs is 2. The van der Waals surface area contributed by atoms with Gasteiger partial charge in [0.05, 0.1) is 13.2 Å². The van der Waals surface area contributed by atoms with Crippen LogP contribution in [0.4, 0.5) is 0 Å². The van der Waals surface area contributed by atoms with E-state index >= 15 is 0 Å². The molecule has 430 valence electrons. The maximum absolute atomic E-state index is 13.6. The number of carbonyl (C=O) groups excluding carboxylic acids is 6. The molecule has 2 heterocycles. The van der Waals surface area contributed by atoms with E-state index in [4.69, 9.17) is 32.7 Å². The number of carbonyl (C=O) groups is 6. The number of hydrogen-bond donors (Lipinski definition) is 7. The number of nitrogens with one attached hydrogen (secondary N) is 7. The Morgan fingerprint density at radius 1 is 0.506 bits per heavy atom. The van der Waals surface area contributed by atoms with Gasteiger partial charge in [-0.2, -0.15) is 0 Å². The number of amides is 6. The molecule has 0 aromatic heterocycles. The monoisotopic (exact) mass is 1130 g/mol. The summed E-state index contributed by atoms with van der Waals surface area (Å²) >= 11 is 12.1. The summed E-state index contributed by atoms with van der Waals surface area (Å²) in [6.45, 7) is 15.6. The molecule has 15 nitrogen and oxygen atoms in total. The molecule has 0 spiro atoms. The van der Waals surface area contributed by atoms with Gasteiger partial charge in [0.15, 0.2) is 0 Å². The van der Waals surface area contributed by atoms with Crippen molar-refractivity contribution in [1.29, 1.82) is 0 Å². The van der Waals surface area contributed by atoms with Gasteiger partial charge in [-0.05, 0) is 141 Å². The van der Waals surface area contributed by atoms with Crippen LogP contribution in [0.15, 0.2) is 97.1 Å². The lowest BCUT2D eigenvalue weighted by atomic mass is 9.92. The van der Waals surface area contributed by atoms with E-state index in [2.05, 4.69) is 37.2 Å².